The Morgan fingerprint density at radius 1 is 1.03 bits per heavy atom. The lowest BCUT2D eigenvalue weighted by atomic mass is 10.0. The highest BCUT2D eigenvalue weighted by Gasteiger charge is 2.21. The number of fused-ring (bicyclic) bond motifs is 2. The van der Waals surface area contributed by atoms with E-state index in [4.69, 9.17) is 0 Å². The molecule has 2 aliphatic rings. The summed E-state index contributed by atoms with van der Waals surface area (Å²) in [7, 11) is 0. The molecular weight excluding hydrogens is 383 g/mol. The second-order valence-corrected chi connectivity index (χ2v) is 8.91. The van der Waals surface area contributed by atoms with Gasteiger partial charge >= 0.3 is 0 Å². The van der Waals surface area contributed by atoms with E-state index >= 15 is 0 Å². The molecular formula is C23H27FN4S. The molecule has 2 aromatic carbocycles. The normalized spacial score (nSPS) is 17.8. The van der Waals surface area contributed by atoms with E-state index in [1.54, 1.807) is 6.07 Å². The maximum atomic E-state index is 13.7. The van der Waals surface area contributed by atoms with E-state index < -0.39 is 0 Å². The topological polar surface area (TPSA) is 31.4 Å². The van der Waals surface area contributed by atoms with Crippen molar-refractivity contribution in [3.63, 3.8) is 0 Å². The minimum absolute atomic E-state index is 0.187. The molecule has 0 saturated carbocycles. The van der Waals surface area contributed by atoms with E-state index in [9.17, 15) is 4.39 Å². The van der Waals surface area contributed by atoms with Crippen molar-refractivity contribution < 1.29 is 4.39 Å². The number of rotatable bonds is 4. The smallest absolute Gasteiger partial charge is 0.150 e. The summed E-state index contributed by atoms with van der Waals surface area (Å²) in [6.45, 7) is 6.14. The van der Waals surface area contributed by atoms with Gasteiger partial charge in [-0.05, 0) is 72.6 Å². The Balaban J connectivity index is 1.18. The number of halogens is 1. The van der Waals surface area contributed by atoms with Crippen molar-refractivity contribution in [3.8, 4) is 0 Å². The van der Waals surface area contributed by atoms with Crippen LogP contribution in [0.2, 0.25) is 0 Å². The molecule has 0 bridgehead atoms. The molecule has 0 aliphatic carbocycles. The first-order valence-corrected chi connectivity index (χ1v) is 11.4. The van der Waals surface area contributed by atoms with Crippen LogP contribution in [0.25, 0.3) is 10.1 Å². The van der Waals surface area contributed by atoms with Crippen molar-refractivity contribution in [1.29, 1.82) is 0 Å². The number of aryl methyl sites for hydroxylation is 1. The third-order valence-electron chi connectivity index (χ3n) is 6.16. The highest BCUT2D eigenvalue weighted by atomic mass is 32.1. The quantitative estimate of drug-likeness (QED) is 0.684. The molecule has 0 unspecified atom stereocenters. The van der Waals surface area contributed by atoms with E-state index in [1.165, 1.54) is 53.7 Å². The van der Waals surface area contributed by atoms with Gasteiger partial charge in [0.25, 0.3) is 0 Å². The maximum Gasteiger partial charge on any atom is 0.150 e. The van der Waals surface area contributed by atoms with E-state index in [-0.39, 0.29) is 5.82 Å². The average Bonchev–Trinajstić information content (AvgIpc) is 3.01. The van der Waals surface area contributed by atoms with Crippen LogP contribution in [0.5, 0.6) is 0 Å². The summed E-state index contributed by atoms with van der Waals surface area (Å²) in [5.41, 5.74) is 4.25. The van der Waals surface area contributed by atoms with Crippen LogP contribution in [0.1, 0.15) is 24.0 Å². The van der Waals surface area contributed by atoms with Gasteiger partial charge in [0.05, 0.1) is 4.70 Å². The Morgan fingerprint density at radius 3 is 2.83 bits per heavy atom. The fourth-order valence-electron chi connectivity index (χ4n) is 4.44. The van der Waals surface area contributed by atoms with Gasteiger partial charge in [0.15, 0.2) is 0 Å². The standard InChI is InChI=1S/C23H27FN4S/c24-19-5-7-22-20(16-19)23(26-29-22)28-13-11-27(12-14-28)10-8-17-4-6-21-18(15-17)3-1-2-9-25-21/h4-7,15-16,25H,1-3,8-14H2. The number of benzene rings is 2. The van der Waals surface area contributed by atoms with Gasteiger partial charge in [-0.1, -0.05) is 12.1 Å². The summed E-state index contributed by atoms with van der Waals surface area (Å²) in [5, 5.41) is 4.49. The van der Waals surface area contributed by atoms with Crippen LogP contribution in [0.4, 0.5) is 15.9 Å². The highest BCUT2D eigenvalue weighted by molar-refractivity contribution is 7.13. The Bertz CT molecular complexity index is 994. The molecule has 0 radical (unpaired) electrons. The zero-order valence-corrected chi connectivity index (χ0v) is 17.5. The summed E-state index contributed by atoms with van der Waals surface area (Å²) in [5.74, 6) is 0.760. The van der Waals surface area contributed by atoms with E-state index in [0.717, 1.165) is 61.6 Å². The van der Waals surface area contributed by atoms with Crippen molar-refractivity contribution in [2.45, 2.75) is 25.7 Å². The lowest BCUT2D eigenvalue weighted by molar-refractivity contribution is 0.260. The van der Waals surface area contributed by atoms with Gasteiger partial charge in [-0.15, -0.1) is 0 Å². The molecule has 1 saturated heterocycles. The molecule has 6 heteroatoms. The molecule has 1 N–H and O–H groups in total. The third-order valence-corrected chi connectivity index (χ3v) is 6.98. The van der Waals surface area contributed by atoms with Crippen molar-refractivity contribution >= 4 is 33.1 Å². The molecule has 0 amide bonds. The van der Waals surface area contributed by atoms with E-state index in [1.807, 2.05) is 6.07 Å². The Kier molecular flexibility index (Phi) is 5.38. The minimum atomic E-state index is -0.187. The molecule has 0 atom stereocenters. The van der Waals surface area contributed by atoms with Crippen molar-refractivity contribution in [1.82, 2.24) is 9.27 Å². The summed E-state index contributed by atoms with van der Waals surface area (Å²) < 4.78 is 19.3. The average molecular weight is 411 g/mol. The number of hydrogen-bond donors (Lipinski definition) is 1. The number of piperazine rings is 1. The number of nitrogens with zero attached hydrogens (tertiary/aromatic N) is 3. The van der Waals surface area contributed by atoms with Crippen LogP contribution < -0.4 is 10.2 Å². The second kappa shape index (κ2) is 8.28. The molecule has 5 rings (SSSR count). The number of nitrogens with one attached hydrogen (secondary N) is 1. The molecule has 2 aliphatic heterocycles. The van der Waals surface area contributed by atoms with Gasteiger partial charge in [-0.2, -0.15) is 4.37 Å². The highest BCUT2D eigenvalue weighted by Crippen LogP contribution is 2.31. The van der Waals surface area contributed by atoms with Crippen molar-refractivity contribution in [3.05, 3.63) is 53.3 Å². The first-order chi connectivity index (χ1) is 14.3. The van der Waals surface area contributed by atoms with Crippen LogP contribution in [-0.2, 0) is 12.8 Å². The molecule has 4 nitrogen and oxygen atoms in total. The largest absolute Gasteiger partial charge is 0.385 e. The molecule has 1 aromatic heterocycles. The minimum Gasteiger partial charge on any atom is -0.385 e. The summed E-state index contributed by atoms with van der Waals surface area (Å²) in [4.78, 5) is 4.85. The van der Waals surface area contributed by atoms with E-state index in [2.05, 4.69) is 37.7 Å². The molecule has 29 heavy (non-hydrogen) atoms. The molecule has 3 heterocycles. The van der Waals surface area contributed by atoms with Crippen molar-refractivity contribution in [2.24, 2.45) is 0 Å². The molecule has 0 spiro atoms. The zero-order chi connectivity index (χ0) is 19.6. The number of anilines is 2. The van der Waals surface area contributed by atoms with Crippen LogP contribution in [0.3, 0.4) is 0 Å². The Hall–Kier alpha value is -2.18. The first-order valence-electron chi connectivity index (χ1n) is 10.6. The van der Waals surface area contributed by atoms with Crippen molar-refractivity contribution in [2.75, 3.05) is 49.5 Å². The summed E-state index contributed by atoms with van der Waals surface area (Å²) in [6, 6.07) is 11.9. The first kappa shape index (κ1) is 18.8. The predicted octanol–water partition coefficient (Wildman–Crippen LogP) is 4.55. The van der Waals surface area contributed by atoms with Crippen LogP contribution in [-0.4, -0.2) is 48.5 Å². The van der Waals surface area contributed by atoms with Crippen LogP contribution >= 0.6 is 11.5 Å². The van der Waals surface area contributed by atoms with Gasteiger partial charge < -0.3 is 10.2 Å². The Labute approximate surface area is 175 Å². The van der Waals surface area contributed by atoms with Gasteiger partial charge in [0, 0.05) is 50.3 Å². The van der Waals surface area contributed by atoms with Gasteiger partial charge in [0.1, 0.15) is 11.6 Å². The van der Waals surface area contributed by atoms with Gasteiger partial charge in [0.2, 0.25) is 0 Å². The number of aromatic nitrogens is 1. The molecule has 3 aromatic rings. The number of hydrogen-bond acceptors (Lipinski definition) is 5. The van der Waals surface area contributed by atoms with Crippen LogP contribution in [0, 0.1) is 5.82 Å². The van der Waals surface area contributed by atoms with Crippen LogP contribution in [0.15, 0.2) is 36.4 Å². The fraction of sp³-hybridized carbons (Fsp3) is 0.435. The lowest BCUT2D eigenvalue weighted by Crippen LogP contribution is -2.47. The van der Waals surface area contributed by atoms with Gasteiger partial charge in [-0.3, -0.25) is 4.90 Å². The van der Waals surface area contributed by atoms with E-state index in [0.29, 0.717) is 0 Å². The molecule has 1 fully saturated rings. The maximum absolute atomic E-state index is 13.7. The predicted molar refractivity (Wildman–Crippen MR) is 120 cm³/mol. The summed E-state index contributed by atoms with van der Waals surface area (Å²) >= 11 is 1.46. The lowest BCUT2D eigenvalue weighted by Gasteiger charge is -2.35. The zero-order valence-electron chi connectivity index (χ0n) is 16.7. The third kappa shape index (κ3) is 4.09. The van der Waals surface area contributed by atoms with Gasteiger partial charge in [-0.25, -0.2) is 4.39 Å². The monoisotopic (exact) mass is 410 g/mol. The fourth-order valence-corrected chi connectivity index (χ4v) is 5.22. The SMILES string of the molecule is Fc1ccc2snc(N3CCN(CCc4ccc5c(c4)CCCCN5)CC3)c2c1. The summed E-state index contributed by atoms with van der Waals surface area (Å²) in [6.07, 6.45) is 4.82. The Morgan fingerprint density at radius 2 is 1.93 bits per heavy atom. The second-order valence-electron chi connectivity index (χ2n) is 8.10. The molecule has 152 valence electrons.